The molecule has 2 aliphatic rings. The highest BCUT2D eigenvalue weighted by molar-refractivity contribution is 6.30. The summed E-state index contributed by atoms with van der Waals surface area (Å²) < 4.78 is 0. The Kier molecular flexibility index (Phi) is 11.5. The first kappa shape index (κ1) is 40.0. The number of nitrogens with zero attached hydrogens (tertiary/aromatic N) is 6. The molecule has 6 aromatic rings. The molecule has 0 N–H and O–H groups in total. The number of benzene rings is 4. The third-order valence-corrected chi connectivity index (χ3v) is 11.3. The lowest BCUT2D eigenvalue weighted by Crippen LogP contribution is -2.31. The average Bonchev–Trinajstić information content (AvgIpc) is 3.71. The number of fused-ring (bicyclic) bond motifs is 1. The van der Waals surface area contributed by atoms with Crippen LogP contribution >= 0.6 is 0 Å². The number of hydrogen-bond donors (Lipinski definition) is 0. The Bertz CT molecular complexity index is 2280. The maximum atomic E-state index is 14.8. The van der Waals surface area contributed by atoms with E-state index in [0.717, 1.165) is 71.2 Å². The molecule has 2 amide bonds. The maximum Gasteiger partial charge on any atom is 0.261 e. The van der Waals surface area contributed by atoms with Crippen molar-refractivity contribution in [1.29, 1.82) is 0 Å². The molecule has 0 bridgehead atoms. The summed E-state index contributed by atoms with van der Waals surface area (Å²) in [5.41, 5.74) is 12.2. The smallest absolute Gasteiger partial charge is 0.261 e. The molecule has 0 spiro atoms. The highest BCUT2D eigenvalue weighted by atomic mass is 16.2. The summed E-state index contributed by atoms with van der Waals surface area (Å²) in [6.07, 6.45) is 7.01. The summed E-state index contributed by atoms with van der Waals surface area (Å²) in [4.78, 5) is 47.5. The number of aromatic nitrogens is 2. The molecule has 2 aromatic heterocycles. The molecule has 60 heavy (non-hydrogen) atoms. The van der Waals surface area contributed by atoms with Crippen molar-refractivity contribution in [1.82, 2.24) is 19.8 Å². The first-order chi connectivity index (χ1) is 29.2. The quantitative estimate of drug-likeness (QED) is 0.109. The van der Waals surface area contributed by atoms with Gasteiger partial charge in [0.15, 0.2) is 0 Å². The van der Waals surface area contributed by atoms with E-state index in [9.17, 15) is 9.59 Å². The van der Waals surface area contributed by atoms with Crippen LogP contribution in [0.15, 0.2) is 145 Å². The summed E-state index contributed by atoms with van der Waals surface area (Å²) >= 11 is 0. The van der Waals surface area contributed by atoms with Gasteiger partial charge >= 0.3 is 0 Å². The fourth-order valence-electron chi connectivity index (χ4n) is 7.98. The third-order valence-electron chi connectivity index (χ3n) is 11.3. The summed E-state index contributed by atoms with van der Waals surface area (Å²) in [5.74, 6) is 1.14. The lowest BCUT2D eigenvalue weighted by molar-refractivity contribution is -0.124. The van der Waals surface area contributed by atoms with E-state index >= 15 is 0 Å². The van der Waals surface area contributed by atoms with Crippen LogP contribution in [0.5, 0.6) is 0 Å². The number of anilines is 6. The lowest BCUT2D eigenvalue weighted by Gasteiger charge is -2.27. The second kappa shape index (κ2) is 17.2. The monoisotopic (exact) mass is 792 g/mol. The number of aryl methyl sites for hydroxylation is 4. The Labute approximate surface area is 354 Å². The van der Waals surface area contributed by atoms with Crippen LogP contribution in [-0.4, -0.2) is 44.7 Å². The largest absolute Gasteiger partial charge is 0.307 e. The third kappa shape index (κ3) is 7.73. The Morgan fingerprint density at radius 2 is 0.733 bits per heavy atom. The molecule has 0 saturated heterocycles. The van der Waals surface area contributed by atoms with Gasteiger partial charge in [0.1, 0.15) is 11.6 Å². The minimum atomic E-state index is -0.161. The molecule has 0 aliphatic carbocycles. The van der Waals surface area contributed by atoms with Crippen molar-refractivity contribution >= 4 is 57.6 Å². The first-order valence-corrected chi connectivity index (χ1v) is 21.1. The minimum absolute atomic E-state index is 0.161. The molecular formula is C52H52N6O2. The van der Waals surface area contributed by atoms with E-state index in [1.807, 2.05) is 36.7 Å². The van der Waals surface area contributed by atoms with Gasteiger partial charge in [0.05, 0.1) is 22.5 Å². The van der Waals surface area contributed by atoms with Crippen molar-refractivity contribution in [2.24, 2.45) is 0 Å². The second-order valence-electron chi connectivity index (χ2n) is 15.9. The lowest BCUT2D eigenvalue weighted by atomic mass is 10.0. The van der Waals surface area contributed by atoms with Crippen LogP contribution in [0.1, 0.15) is 72.9 Å². The van der Waals surface area contributed by atoms with E-state index in [1.54, 1.807) is 9.80 Å². The van der Waals surface area contributed by atoms with E-state index in [0.29, 0.717) is 35.6 Å². The zero-order valence-electron chi connectivity index (χ0n) is 35.4. The Morgan fingerprint density at radius 1 is 0.433 bits per heavy atom. The molecule has 4 heterocycles. The van der Waals surface area contributed by atoms with E-state index in [2.05, 4.69) is 148 Å². The summed E-state index contributed by atoms with van der Waals surface area (Å²) in [5, 5.41) is 0. The molecule has 2 aliphatic heterocycles. The van der Waals surface area contributed by atoms with Gasteiger partial charge in [-0.25, -0.2) is 9.97 Å². The predicted octanol–water partition coefficient (Wildman–Crippen LogP) is 12.1. The van der Waals surface area contributed by atoms with Crippen molar-refractivity contribution in [3.63, 3.8) is 0 Å². The number of carbonyl (C=O) groups is 2. The van der Waals surface area contributed by atoms with Gasteiger partial charge in [-0.2, -0.15) is 0 Å². The molecule has 8 heteroatoms. The SMILES string of the molecule is CCCCN1C(=O)C2=C(c3ccc(N(c4ccc(C)cc4)c4ccc(C)cc4)nc3)N(CCCC)C(=O)C2=C1c1ccc(N(c2ccc(C)cc2)c2ccc(C)cc2)nc1. The predicted molar refractivity (Wildman–Crippen MR) is 244 cm³/mol. The first-order valence-electron chi connectivity index (χ1n) is 21.1. The zero-order chi connectivity index (χ0) is 41.9. The van der Waals surface area contributed by atoms with Gasteiger partial charge < -0.3 is 9.80 Å². The number of rotatable bonds is 14. The molecule has 8 nitrogen and oxygen atoms in total. The van der Waals surface area contributed by atoms with Crippen LogP contribution in [0, 0.1) is 27.7 Å². The van der Waals surface area contributed by atoms with E-state index < -0.39 is 0 Å². The van der Waals surface area contributed by atoms with E-state index in [-0.39, 0.29) is 11.8 Å². The van der Waals surface area contributed by atoms with E-state index in [4.69, 9.17) is 9.97 Å². The number of pyridine rings is 2. The van der Waals surface area contributed by atoms with Crippen molar-refractivity contribution in [2.75, 3.05) is 22.9 Å². The highest BCUT2D eigenvalue weighted by Gasteiger charge is 2.48. The molecule has 0 fully saturated rings. The second-order valence-corrected chi connectivity index (χ2v) is 15.9. The van der Waals surface area contributed by atoms with Crippen molar-refractivity contribution in [3.05, 3.63) is 178 Å². The van der Waals surface area contributed by atoms with Crippen LogP contribution in [0.25, 0.3) is 11.4 Å². The molecule has 4 aromatic carbocycles. The average molecular weight is 793 g/mol. The normalized spacial score (nSPS) is 13.8. The van der Waals surface area contributed by atoms with Gasteiger partial charge in [-0.1, -0.05) is 97.5 Å². The van der Waals surface area contributed by atoms with Gasteiger partial charge in [0.25, 0.3) is 11.8 Å². The molecule has 0 saturated carbocycles. The van der Waals surface area contributed by atoms with Gasteiger partial charge in [-0.3, -0.25) is 19.4 Å². The fourth-order valence-corrected chi connectivity index (χ4v) is 7.98. The van der Waals surface area contributed by atoms with Gasteiger partial charge in [-0.15, -0.1) is 0 Å². The molecule has 8 rings (SSSR count). The van der Waals surface area contributed by atoms with E-state index in [1.165, 1.54) is 22.3 Å². The summed E-state index contributed by atoms with van der Waals surface area (Å²) in [7, 11) is 0. The minimum Gasteiger partial charge on any atom is -0.307 e. The number of unbranched alkanes of at least 4 members (excludes halogenated alkanes) is 2. The highest BCUT2D eigenvalue weighted by Crippen LogP contribution is 2.47. The Morgan fingerprint density at radius 3 is 0.983 bits per heavy atom. The standard InChI is InChI=1S/C52H52N6O2/c1-7-9-31-55-49(39-19-29-45(53-33-39)57(41-21-11-35(3)12-22-41)42-23-13-36(4)14-24-42)47-48(51(55)59)50(56(52(47)60)32-10-8-2)40-20-30-46(54-34-40)58(43-25-15-37(5)16-26-43)44-27-17-38(6)18-28-44/h11-30,33-34H,7-10,31-32H2,1-6H3. The maximum absolute atomic E-state index is 14.8. The zero-order valence-corrected chi connectivity index (χ0v) is 35.4. The van der Waals surface area contributed by atoms with Crippen LogP contribution < -0.4 is 9.80 Å². The van der Waals surface area contributed by atoms with Crippen molar-refractivity contribution in [2.45, 2.75) is 67.2 Å². The van der Waals surface area contributed by atoms with Gasteiger partial charge in [0.2, 0.25) is 0 Å². The van der Waals surface area contributed by atoms with Gasteiger partial charge in [-0.05, 0) is 113 Å². The Hall–Kier alpha value is -6.80. The number of hydrogen-bond acceptors (Lipinski definition) is 6. The van der Waals surface area contributed by atoms with Crippen LogP contribution in [0.3, 0.4) is 0 Å². The van der Waals surface area contributed by atoms with Crippen LogP contribution in [0.4, 0.5) is 34.4 Å². The van der Waals surface area contributed by atoms with Crippen molar-refractivity contribution in [3.8, 4) is 0 Å². The number of carbonyl (C=O) groups excluding carboxylic acids is 2. The Balaban J connectivity index is 1.23. The summed E-state index contributed by atoms with van der Waals surface area (Å²) in [6.45, 7) is 13.5. The van der Waals surface area contributed by atoms with Crippen molar-refractivity contribution < 1.29 is 9.59 Å². The molecule has 0 atom stereocenters. The molecule has 0 unspecified atom stereocenters. The summed E-state index contributed by atoms with van der Waals surface area (Å²) in [6, 6.07) is 41.6. The topological polar surface area (TPSA) is 72.9 Å². The van der Waals surface area contributed by atoms with Crippen LogP contribution in [0.2, 0.25) is 0 Å². The molecule has 0 radical (unpaired) electrons. The van der Waals surface area contributed by atoms with Crippen LogP contribution in [-0.2, 0) is 9.59 Å². The fraction of sp³-hybridized carbons (Fsp3) is 0.231. The molecule has 302 valence electrons. The van der Waals surface area contributed by atoms with Gasteiger partial charge in [0, 0.05) is 59.4 Å². The number of amides is 2. The molecular weight excluding hydrogens is 741 g/mol.